The van der Waals surface area contributed by atoms with Crippen molar-refractivity contribution in [1.82, 2.24) is 10.0 Å². The monoisotopic (exact) mass is 447 g/mol. The molecule has 2 saturated heterocycles. The molecule has 1 aromatic heterocycles. The van der Waals surface area contributed by atoms with Gasteiger partial charge in [-0.25, -0.2) is 10.0 Å². The summed E-state index contributed by atoms with van der Waals surface area (Å²) in [4.78, 5) is 24.2. The second kappa shape index (κ2) is 8.56. The first-order valence-corrected chi connectivity index (χ1v) is 10.2. The zero-order valence-corrected chi connectivity index (χ0v) is 17.5. The maximum absolute atomic E-state index is 12.8. The average molecular weight is 447 g/mol. The van der Waals surface area contributed by atoms with Gasteiger partial charge >= 0.3 is 0 Å². The summed E-state index contributed by atoms with van der Waals surface area (Å²) in [6.45, 7) is 2.26. The third-order valence-corrected chi connectivity index (χ3v) is 5.89. The number of amides is 1. The third kappa shape index (κ3) is 3.97. The Morgan fingerprint density at radius 3 is 2.73 bits per heavy atom. The van der Waals surface area contributed by atoms with Gasteiger partial charge < -0.3 is 13.9 Å². The molecule has 0 N–H and O–H groups in total. The minimum absolute atomic E-state index is 0.131. The topological polar surface area (TPSA) is 98.3 Å². The van der Waals surface area contributed by atoms with Gasteiger partial charge in [0.1, 0.15) is 17.3 Å². The number of hydrazine groups is 1. The van der Waals surface area contributed by atoms with E-state index in [4.69, 9.17) is 26.1 Å². The molecule has 0 spiro atoms. The first-order chi connectivity index (χ1) is 14.5. The second-order valence-corrected chi connectivity index (χ2v) is 8.08. The van der Waals surface area contributed by atoms with Crippen LogP contribution in [0, 0.1) is 10.1 Å². The van der Waals surface area contributed by atoms with Crippen molar-refractivity contribution in [3.8, 4) is 17.1 Å². The molecule has 2 aliphatic heterocycles. The van der Waals surface area contributed by atoms with E-state index in [0.29, 0.717) is 58.4 Å². The average Bonchev–Trinajstić information content (AvgIpc) is 3.32. The number of nitrogens with zero attached hydrogens (tertiary/aromatic N) is 3. The summed E-state index contributed by atoms with van der Waals surface area (Å²) < 4.78 is 16.6. The molecule has 156 valence electrons. The van der Waals surface area contributed by atoms with Gasteiger partial charge in [-0.3, -0.25) is 14.9 Å². The SMILES string of the molecule is COc1ccc(-c2ccc(/C=C3/SC(=S)N(N4CCOCC4)C3=O)o2)c([N+](=O)[O-])c1. The molecule has 0 radical (unpaired) electrons. The second-order valence-electron chi connectivity index (χ2n) is 6.40. The predicted molar refractivity (Wildman–Crippen MR) is 115 cm³/mol. The van der Waals surface area contributed by atoms with Crippen LogP contribution >= 0.6 is 24.0 Å². The number of benzene rings is 1. The fourth-order valence-electron chi connectivity index (χ4n) is 3.16. The van der Waals surface area contributed by atoms with Crippen LogP contribution < -0.4 is 4.74 Å². The quantitative estimate of drug-likeness (QED) is 0.296. The van der Waals surface area contributed by atoms with Crippen molar-refractivity contribution in [3.05, 3.63) is 51.1 Å². The molecule has 1 amide bonds. The molecule has 0 unspecified atom stereocenters. The zero-order valence-electron chi connectivity index (χ0n) is 15.9. The number of morpholine rings is 1. The fourth-order valence-corrected chi connectivity index (χ4v) is 4.45. The van der Waals surface area contributed by atoms with Crippen LogP contribution in [0.1, 0.15) is 5.76 Å². The van der Waals surface area contributed by atoms with Crippen LogP contribution in [0.15, 0.2) is 39.7 Å². The fraction of sp³-hybridized carbons (Fsp3) is 0.263. The smallest absolute Gasteiger partial charge is 0.284 e. The highest BCUT2D eigenvalue weighted by molar-refractivity contribution is 8.26. The summed E-state index contributed by atoms with van der Waals surface area (Å²) in [5.74, 6) is 0.876. The molecule has 2 aliphatic rings. The highest BCUT2D eigenvalue weighted by Crippen LogP contribution is 2.37. The summed E-state index contributed by atoms with van der Waals surface area (Å²) in [5.41, 5.74) is 0.190. The maximum atomic E-state index is 12.8. The molecule has 9 nitrogen and oxygen atoms in total. The lowest BCUT2D eigenvalue weighted by Crippen LogP contribution is -2.50. The normalized spacial score (nSPS) is 19.0. The molecular weight excluding hydrogens is 430 g/mol. The Morgan fingerprint density at radius 1 is 1.27 bits per heavy atom. The number of ether oxygens (including phenoxy) is 2. The molecule has 2 fully saturated rings. The Bertz CT molecular complexity index is 1040. The number of nitro benzene ring substituents is 1. The number of furan rings is 1. The number of thiocarbonyl (C=S) groups is 1. The van der Waals surface area contributed by atoms with Crippen molar-refractivity contribution in [3.63, 3.8) is 0 Å². The summed E-state index contributed by atoms with van der Waals surface area (Å²) in [5, 5.41) is 14.8. The van der Waals surface area contributed by atoms with Crippen LogP contribution in [-0.2, 0) is 9.53 Å². The Balaban J connectivity index is 1.59. The molecule has 0 atom stereocenters. The van der Waals surface area contributed by atoms with E-state index in [1.54, 1.807) is 30.3 Å². The van der Waals surface area contributed by atoms with E-state index in [0.717, 1.165) is 0 Å². The minimum Gasteiger partial charge on any atom is -0.497 e. The van der Waals surface area contributed by atoms with E-state index < -0.39 is 4.92 Å². The van der Waals surface area contributed by atoms with E-state index in [-0.39, 0.29) is 11.6 Å². The highest BCUT2D eigenvalue weighted by atomic mass is 32.2. The van der Waals surface area contributed by atoms with Gasteiger partial charge in [-0.1, -0.05) is 24.0 Å². The van der Waals surface area contributed by atoms with E-state index in [2.05, 4.69) is 0 Å². The molecule has 3 heterocycles. The molecule has 4 rings (SSSR count). The number of carbonyl (C=O) groups is 1. The van der Waals surface area contributed by atoms with Crippen molar-refractivity contribution < 1.29 is 23.6 Å². The van der Waals surface area contributed by atoms with Crippen LogP contribution in [-0.4, -0.2) is 58.6 Å². The lowest BCUT2D eigenvalue weighted by molar-refractivity contribution is -0.384. The molecule has 0 saturated carbocycles. The molecular formula is C19H17N3O6S2. The van der Waals surface area contributed by atoms with Crippen LogP contribution in [0.5, 0.6) is 5.75 Å². The Hall–Kier alpha value is -2.73. The number of thioether (sulfide) groups is 1. The van der Waals surface area contributed by atoms with Gasteiger partial charge in [-0.15, -0.1) is 0 Å². The maximum Gasteiger partial charge on any atom is 0.284 e. The molecule has 1 aromatic carbocycles. The van der Waals surface area contributed by atoms with Gasteiger partial charge in [-0.05, 0) is 24.3 Å². The number of hydrogen-bond donors (Lipinski definition) is 0. The lowest BCUT2D eigenvalue weighted by atomic mass is 10.1. The standard InChI is InChI=1S/C19H17N3O6S2/c1-26-12-2-4-14(15(10-12)22(24)25)16-5-3-13(28-16)11-17-18(23)21(19(29)30-17)20-6-8-27-9-7-20/h2-5,10-11H,6-9H2,1H3/b17-11+. The largest absolute Gasteiger partial charge is 0.497 e. The van der Waals surface area contributed by atoms with Crippen molar-refractivity contribution in [2.75, 3.05) is 33.4 Å². The minimum atomic E-state index is -0.493. The highest BCUT2D eigenvalue weighted by Gasteiger charge is 2.37. The van der Waals surface area contributed by atoms with E-state index >= 15 is 0 Å². The molecule has 2 aromatic rings. The number of nitro groups is 1. The lowest BCUT2D eigenvalue weighted by Gasteiger charge is -2.33. The van der Waals surface area contributed by atoms with Crippen molar-refractivity contribution in [2.24, 2.45) is 0 Å². The molecule has 0 bridgehead atoms. The Labute approximate surface area is 181 Å². The summed E-state index contributed by atoms with van der Waals surface area (Å²) in [6, 6.07) is 7.81. The van der Waals surface area contributed by atoms with Crippen LogP contribution in [0.3, 0.4) is 0 Å². The van der Waals surface area contributed by atoms with Crippen molar-refractivity contribution in [1.29, 1.82) is 0 Å². The first-order valence-electron chi connectivity index (χ1n) is 9.01. The van der Waals surface area contributed by atoms with E-state index in [1.165, 1.54) is 29.9 Å². The number of rotatable bonds is 5. The third-order valence-electron chi connectivity index (χ3n) is 4.61. The van der Waals surface area contributed by atoms with Gasteiger partial charge in [0.15, 0.2) is 4.32 Å². The number of hydrogen-bond acceptors (Lipinski definition) is 9. The van der Waals surface area contributed by atoms with E-state index in [9.17, 15) is 14.9 Å². The van der Waals surface area contributed by atoms with Crippen LogP contribution in [0.4, 0.5) is 5.69 Å². The summed E-state index contributed by atoms with van der Waals surface area (Å²) in [7, 11) is 1.44. The predicted octanol–water partition coefficient (Wildman–Crippen LogP) is 3.31. The van der Waals surface area contributed by atoms with Gasteiger partial charge in [-0.2, -0.15) is 0 Å². The molecule has 30 heavy (non-hydrogen) atoms. The van der Waals surface area contributed by atoms with Crippen LogP contribution in [0.2, 0.25) is 0 Å². The molecule has 0 aliphatic carbocycles. The number of methoxy groups -OCH3 is 1. The summed E-state index contributed by atoms with van der Waals surface area (Å²) in [6.07, 6.45) is 1.60. The van der Waals surface area contributed by atoms with E-state index in [1.807, 2.05) is 5.01 Å². The Morgan fingerprint density at radius 2 is 2.03 bits per heavy atom. The molecule has 11 heteroatoms. The van der Waals surface area contributed by atoms with Crippen molar-refractivity contribution >= 4 is 46.0 Å². The van der Waals surface area contributed by atoms with Gasteiger partial charge in [0, 0.05) is 19.2 Å². The zero-order chi connectivity index (χ0) is 21.3. The first kappa shape index (κ1) is 20.5. The van der Waals surface area contributed by atoms with Crippen LogP contribution in [0.25, 0.3) is 17.4 Å². The number of carbonyl (C=O) groups excluding carboxylic acids is 1. The van der Waals surface area contributed by atoms with Gasteiger partial charge in [0.2, 0.25) is 0 Å². The van der Waals surface area contributed by atoms with Gasteiger partial charge in [0.25, 0.3) is 11.6 Å². The van der Waals surface area contributed by atoms with Gasteiger partial charge in [0.05, 0.1) is 41.8 Å². The summed E-state index contributed by atoms with van der Waals surface area (Å²) >= 11 is 6.56. The Kier molecular flexibility index (Phi) is 5.86. The van der Waals surface area contributed by atoms with Crippen molar-refractivity contribution in [2.45, 2.75) is 0 Å².